The molecule has 0 spiro atoms. The fourth-order valence-corrected chi connectivity index (χ4v) is 3.52. The number of nitrogens with zero attached hydrogens (tertiary/aromatic N) is 3. The molecule has 6 nitrogen and oxygen atoms in total. The summed E-state index contributed by atoms with van der Waals surface area (Å²) in [6.07, 6.45) is -1.97. The molecule has 0 atom stereocenters. The third kappa shape index (κ3) is 7.80. The van der Waals surface area contributed by atoms with E-state index in [0.29, 0.717) is 51.8 Å². The van der Waals surface area contributed by atoms with Gasteiger partial charge in [-0.1, -0.05) is 30.3 Å². The van der Waals surface area contributed by atoms with Crippen molar-refractivity contribution in [3.8, 4) is 0 Å². The van der Waals surface area contributed by atoms with Gasteiger partial charge in [-0.2, -0.15) is 13.2 Å². The lowest BCUT2D eigenvalue weighted by atomic mass is 10.2. The first-order valence-corrected chi connectivity index (χ1v) is 10.8. The molecule has 0 unspecified atom stereocenters. The lowest BCUT2D eigenvalue weighted by molar-refractivity contribution is -0.137. The van der Waals surface area contributed by atoms with Crippen LogP contribution in [0.15, 0.2) is 48.7 Å². The molecule has 0 aliphatic carbocycles. The Bertz CT molecular complexity index is 831. The number of benzene rings is 1. The normalized spacial score (nSPS) is 15.4. The number of hydrogen-bond acceptors (Lipinski definition) is 5. The largest absolute Gasteiger partial charge is 0.417 e. The molecule has 1 aliphatic rings. The molecule has 0 saturated carbocycles. The summed E-state index contributed by atoms with van der Waals surface area (Å²) in [7, 11) is 0. The molecule has 0 bridgehead atoms. The van der Waals surface area contributed by atoms with E-state index >= 15 is 0 Å². The highest BCUT2D eigenvalue weighted by Gasteiger charge is 2.31. The van der Waals surface area contributed by atoms with Gasteiger partial charge in [0, 0.05) is 45.5 Å². The second-order valence-corrected chi connectivity index (χ2v) is 7.76. The molecule has 2 heterocycles. The molecule has 3 rings (SSSR count). The fraction of sp³-hybridized carbons (Fsp3) is 0.478. The van der Waals surface area contributed by atoms with Gasteiger partial charge in [0.05, 0.1) is 18.7 Å². The Morgan fingerprint density at radius 3 is 2.59 bits per heavy atom. The van der Waals surface area contributed by atoms with Crippen molar-refractivity contribution in [2.24, 2.45) is 0 Å². The number of amides is 1. The van der Waals surface area contributed by atoms with Crippen molar-refractivity contribution in [3.63, 3.8) is 0 Å². The third-order valence-corrected chi connectivity index (χ3v) is 5.25. The number of nitrogens with one attached hydrogen (secondary N) is 1. The summed E-state index contributed by atoms with van der Waals surface area (Å²) in [6, 6.07) is 12.4. The van der Waals surface area contributed by atoms with Crippen LogP contribution < -0.4 is 10.2 Å². The minimum atomic E-state index is -4.39. The van der Waals surface area contributed by atoms with Crippen molar-refractivity contribution in [3.05, 3.63) is 59.8 Å². The summed E-state index contributed by atoms with van der Waals surface area (Å²) < 4.78 is 43.8. The van der Waals surface area contributed by atoms with Crippen LogP contribution in [-0.2, 0) is 22.3 Å². The van der Waals surface area contributed by atoms with Gasteiger partial charge in [-0.25, -0.2) is 4.98 Å². The van der Waals surface area contributed by atoms with E-state index in [2.05, 4.69) is 15.2 Å². The van der Waals surface area contributed by atoms with Gasteiger partial charge in [-0.3, -0.25) is 9.69 Å². The first-order valence-electron chi connectivity index (χ1n) is 10.8. The number of hydrogen-bond donors (Lipinski definition) is 1. The number of anilines is 1. The lowest BCUT2D eigenvalue weighted by Crippen LogP contribution is -2.39. The van der Waals surface area contributed by atoms with Gasteiger partial charge in [0.25, 0.3) is 0 Å². The van der Waals surface area contributed by atoms with E-state index in [9.17, 15) is 18.0 Å². The molecule has 174 valence electrons. The van der Waals surface area contributed by atoms with Crippen LogP contribution in [0, 0.1) is 0 Å². The third-order valence-electron chi connectivity index (χ3n) is 5.25. The Kier molecular flexibility index (Phi) is 8.87. The number of alkyl halides is 3. The maximum atomic E-state index is 12.7. The average molecular weight is 451 g/mol. The summed E-state index contributed by atoms with van der Waals surface area (Å²) in [6.45, 7) is 4.71. The van der Waals surface area contributed by atoms with Gasteiger partial charge in [0.15, 0.2) is 0 Å². The van der Waals surface area contributed by atoms with Crippen LogP contribution in [0.4, 0.5) is 19.0 Å². The Morgan fingerprint density at radius 2 is 1.88 bits per heavy atom. The van der Waals surface area contributed by atoms with Gasteiger partial charge in [-0.15, -0.1) is 0 Å². The zero-order valence-electron chi connectivity index (χ0n) is 18.0. The first kappa shape index (κ1) is 24.0. The Morgan fingerprint density at radius 1 is 1.06 bits per heavy atom. The molecule has 1 amide bonds. The maximum absolute atomic E-state index is 12.7. The van der Waals surface area contributed by atoms with E-state index in [-0.39, 0.29) is 5.91 Å². The number of carbonyl (C=O) groups excluding carboxylic acids is 1. The minimum absolute atomic E-state index is 0.0332. The molecule has 1 fully saturated rings. The summed E-state index contributed by atoms with van der Waals surface area (Å²) >= 11 is 0. The zero-order chi connectivity index (χ0) is 22.8. The predicted molar refractivity (Wildman–Crippen MR) is 116 cm³/mol. The van der Waals surface area contributed by atoms with Crippen LogP contribution >= 0.6 is 0 Å². The summed E-state index contributed by atoms with van der Waals surface area (Å²) in [4.78, 5) is 20.2. The molecule has 1 aromatic carbocycles. The predicted octanol–water partition coefficient (Wildman–Crippen LogP) is 3.34. The molecule has 9 heteroatoms. The molecular formula is C23H29F3N4O2. The highest BCUT2D eigenvalue weighted by molar-refractivity contribution is 5.78. The molecule has 1 saturated heterocycles. The van der Waals surface area contributed by atoms with Gasteiger partial charge in [-0.05, 0) is 30.5 Å². The Labute approximate surface area is 186 Å². The highest BCUT2D eigenvalue weighted by atomic mass is 19.4. The summed E-state index contributed by atoms with van der Waals surface area (Å²) in [5, 5.41) is 2.92. The second kappa shape index (κ2) is 11.8. The maximum Gasteiger partial charge on any atom is 0.417 e. The molecule has 32 heavy (non-hydrogen) atoms. The molecule has 1 aliphatic heterocycles. The highest BCUT2D eigenvalue weighted by Crippen LogP contribution is 2.29. The van der Waals surface area contributed by atoms with E-state index < -0.39 is 11.7 Å². The van der Waals surface area contributed by atoms with Gasteiger partial charge < -0.3 is 15.0 Å². The Balaban J connectivity index is 1.32. The molecule has 2 aromatic rings. The van der Waals surface area contributed by atoms with Crippen molar-refractivity contribution < 1.29 is 22.7 Å². The Hall–Kier alpha value is -2.65. The number of rotatable bonds is 9. The van der Waals surface area contributed by atoms with E-state index in [0.717, 1.165) is 37.2 Å². The molecular weight excluding hydrogens is 421 g/mol. The lowest BCUT2D eigenvalue weighted by Gasteiger charge is -2.22. The van der Waals surface area contributed by atoms with Gasteiger partial charge >= 0.3 is 6.18 Å². The van der Waals surface area contributed by atoms with Gasteiger partial charge in [0.1, 0.15) is 5.82 Å². The van der Waals surface area contributed by atoms with Crippen molar-refractivity contribution >= 4 is 11.7 Å². The molecule has 1 N–H and O–H groups in total. The van der Waals surface area contributed by atoms with Crippen molar-refractivity contribution in [1.82, 2.24) is 15.2 Å². The van der Waals surface area contributed by atoms with E-state index in [1.165, 1.54) is 6.07 Å². The SMILES string of the molecule is O=C(CN1CCCN(c2ccc(C(F)(F)F)cn2)CC1)NCCCOCc1ccccc1. The number of ether oxygens (including phenoxy) is 1. The number of carbonyl (C=O) groups is 1. The van der Waals surface area contributed by atoms with Crippen LogP contribution in [0.3, 0.4) is 0 Å². The number of pyridine rings is 1. The number of aromatic nitrogens is 1. The summed E-state index contributed by atoms with van der Waals surface area (Å²) in [5.41, 5.74) is 0.373. The fourth-order valence-electron chi connectivity index (χ4n) is 3.52. The van der Waals surface area contributed by atoms with Crippen LogP contribution in [0.25, 0.3) is 0 Å². The van der Waals surface area contributed by atoms with Crippen LogP contribution in [0.2, 0.25) is 0 Å². The second-order valence-electron chi connectivity index (χ2n) is 7.76. The van der Waals surface area contributed by atoms with Crippen LogP contribution in [0.1, 0.15) is 24.0 Å². The number of halogens is 3. The van der Waals surface area contributed by atoms with Crippen LogP contribution in [0.5, 0.6) is 0 Å². The first-order chi connectivity index (χ1) is 15.4. The summed E-state index contributed by atoms with van der Waals surface area (Å²) in [5.74, 6) is 0.494. The van der Waals surface area contributed by atoms with Crippen molar-refractivity contribution in [2.45, 2.75) is 25.6 Å². The zero-order valence-corrected chi connectivity index (χ0v) is 18.0. The minimum Gasteiger partial charge on any atom is -0.377 e. The molecule has 0 radical (unpaired) electrons. The van der Waals surface area contributed by atoms with Crippen LogP contribution in [-0.4, -0.2) is 61.7 Å². The van der Waals surface area contributed by atoms with Crippen molar-refractivity contribution in [1.29, 1.82) is 0 Å². The monoisotopic (exact) mass is 450 g/mol. The van der Waals surface area contributed by atoms with Crippen molar-refractivity contribution in [2.75, 3.05) is 50.8 Å². The standard InChI is InChI=1S/C23H29F3N4O2/c24-23(25,26)20-8-9-21(28-16-20)30-12-5-11-29(13-14-30)17-22(31)27-10-4-15-32-18-19-6-2-1-3-7-19/h1-3,6-9,16H,4-5,10-15,17-18H2,(H,27,31). The topological polar surface area (TPSA) is 57.7 Å². The van der Waals surface area contributed by atoms with E-state index in [1.54, 1.807) is 0 Å². The molecule has 1 aromatic heterocycles. The van der Waals surface area contributed by atoms with E-state index in [4.69, 9.17) is 4.74 Å². The van der Waals surface area contributed by atoms with E-state index in [1.807, 2.05) is 35.2 Å². The quantitative estimate of drug-likeness (QED) is 0.594. The van der Waals surface area contributed by atoms with Gasteiger partial charge in [0.2, 0.25) is 5.91 Å². The smallest absolute Gasteiger partial charge is 0.377 e. The average Bonchev–Trinajstić information content (AvgIpc) is 3.02.